The first kappa shape index (κ1) is 13.5. The van der Waals surface area contributed by atoms with Crippen molar-refractivity contribution in [2.24, 2.45) is 0 Å². The number of esters is 1. The van der Waals surface area contributed by atoms with Crippen LogP contribution in [-0.2, 0) is 9.53 Å². The predicted octanol–water partition coefficient (Wildman–Crippen LogP) is 1.01. The Bertz CT molecular complexity index is 217. The number of carbonyl (C=O) groups excluding carboxylic acids is 1. The van der Waals surface area contributed by atoms with E-state index in [1.807, 2.05) is 6.92 Å². The van der Waals surface area contributed by atoms with Crippen molar-refractivity contribution < 1.29 is 9.53 Å². The van der Waals surface area contributed by atoms with Gasteiger partial charge in [-0.15, -0.1) is 0 Å². The number of hydrogen-bond donors (Lipinski definition) is 1. The number of likely N-dealkylation sites (N-methyl/N-ethyl adjacent to an activating group) is 1. The number of rotatable bonds is 8. The molecule has 1 fully saturated rings. The molecular weight excluding hydrogens is 204 g/mol. The van der Waals surface area contributed by atoms with Crippen molar-refractivity contribution in [3.05, 3.63) is 0 Å². The van der Waals surface area contributed by atoms with Gasteiger partial charge in [-0.05, 0) is 26.3 Å². The molecule has 0 amide bonds. The number of hydrogen-bond acceptors (Lipinski definition) is 4. The average molecular weight is 228 g/mol. The zero-order valence-corrected chi connectivity index (χ0v) is 10.7. The number of methoxy groups -OCH3 is 1. The predicted molar refractivity (Wildman–Crippen MR) is 64.4 cm³/mol. The average Bonchev–Trinajstić information content (AvgIpc) is 3.08. The summed E-state index contributed by atoms with van der Waals surface area (Å²) in [6.45, 7) is 7.37. The number of nitrogens with zero attached hydrogens (tertiary/aromatic N) is 1. The molecule has 1 aliphatic carbocycles. The maximum Gasteiger partial charge on any atom is 0.307 e. The highest BCUT2D eigenvalue weighted by molar-refractivity contribution is 5.69. The van der Waals surface area contributed by atoms with E-state index < -0.39 is 0 Å². The Kier molecular flexibility index (Phi) is 5.77. The fraction of sp³-hybridized carbons (Fsp3) is 0.917. The highest BCUT2D eigenvalue weighted by Crippen LogP contribution is 2.25. The van der Waals surface area contributed by atoms with Gasteiger partial charge in [0, 0.05) is 25.2 Å². The van der Waals surface area contributed by atoms with Crippen molar-refractivity contribution >= 4 is 5.97 Å². The molecule has 94 valence electrons. The molecule has 0 spiro atoms. The summed E-state index contributed by atoms with van der Waals surface area (Å²) in [6.07, 6.45) is 3.16. The van der Waals surface area contributed by atoms with Crippen LogP contribution in [0.3, 0.4) is 0 Å². The first-order valence-corrected chi connectivity index (χ1v) is 6.21. The van der Waals surface area contributed by atoms with Gasteiger partial charge in [-0.2, -0.15) is 0 Å². The van der Waals surface area contributed by atoms with E-state index in [-0.39, 0.29) is 12.0 Å². The van der Waals surface area contributed by atoms with E-state index in [0.29, 0.717) is 6.42 Å². The molecule has 0 aromatic rings. The van der Waals surface area contributed by atoms with Crippen LogP contribution in [0.15, 0.2) is 0 Å². The maximum absolute atomic E-state index is 11.0. The monoisotopic (exact) mass is 228 g/mol. The molecule has 1 N–H and O–H groups in total. The fourth-order valence-electron chi connectivity index (χ4n) is 1.90. The Morgan fingerprint density at radius 2 is 2.25 bits per heavy atom. The SMILES string of the molecule is CCN(CCNC(C)CC(=O)OC)C1CC1. The maximum atomic E-state index is 11.0. The zero-order valence-electron chi connectivity index (χ0n) is 10.7. The van der Waals surface area contributed by atoms with E-state index in [1.165, 1.54) is 20.0 Å². The van der Waals surface area contributed by atoms with Crippen LogP contribution in [0.5, 0.6) is 0 Å². The van der Waals surface area contributed by atoms with Crippen molar-refractivity contribution in [3.8, 4) is 0 Å². The number of nitrogens with one attached hydrogen (secondary N) is 1. The van der Waals surface area contributed by atoms with Gasteiger partial charge in [0.15, 0.2) is 0 Å². The second kappa shape index (κ2) is 6.86. The molecule has 1 rings (SSSR count). The molecule has 16 heavy (non-hydrogen) atoms. The quantitative estimate of drug-likeness (QED) is 0.630. The minimum atomic E-state index is -0.144. The Labute approximate surface area is 98.3 Å². The lowest BCUT2D eigenvalue weighted by atomic mass is 10.2. The van der Waals surface area contributed by atoms with Gasteiger partial charge >= 0.3 is 5.97 Å². The van der Waals surface area contributed by atoms with Gasteiger partial charge in [-0.25, -0.2) is 0 Å². The van der Waals surface area contributed by atoms with Gasteiger partial charge in [0.05, 0.1) is 13.5 Å². The first-order valence-electron chi connectivity index (χ1n) is 6.21. The van der Waals surface area contributed by atoms with Crippen molar-refractivity contribution in [2.45, 2.75) is 45.2 Å². The van der Waals surface area contributed by atoms with Crippen LogP contribution in [0.1, 0.15) is 33.1 Å². The van der Waals surface area contributed by atoms with E-state index >= 15 is 0 Å². The summed E-state index contributed by atoms with van der Waals surface area (Å²) in [5.74, 6) is -0.144. The second-order valence-electron chi connectivity index (χ2n) is 4.50. The molecule has 0 radical (unpaired) electrons. The van der Waals surface area contributed by atoms with Crippen molar-refractivity contribution in [2.75, 3.05) is 26.7 Å². The van der Waals surface area contributed by atoms with Crippen molar-refractivity contribution in [1.29, 1.82) is 0 Å². The largest absolute Gasteiger partial charge is 0.469 e. The van der Waals surface area contributed by atoms with Crippen LogP contribution < -0.4 is 5.32 Å². The summed E-state index contributed by atoms with van der Waals surface area (Å²) in [7, 11) is 1.43. The Hall–Kier alpha value is -0.610. The van der Waals surface area contributed by atoms with E-state index in [9.17, 15) is 4.79 Å². The van der Waals surface area contributed by atoms with Gasteiger partial charge in [-0.1, -0.05) is 6.92 Å². The summed E-state index contributed by atoms with van der Waals surface area (Å²) < 4.78 is 4.63. The Balaban J connectivity index is 2.06. The fourth-order valence-corrected chi connectivity index (χ4v) is 1.90. The van der Waals surface area contributed by atoms with E-state index in [2.05, 4.69) is 21.9 Å². The third-order valence-corrected chi connectivity index (χ3v) is 3.06. The first-order chi connectivity index (χ1) is 7.67. The van der Waals surface area contributed by atoms with Gasteiger partial charge in [0.25, 0.3) is 0 Å². The molecule has 0 aromatic carbocycles. The Morgan fingerprint density at radius 3 is 2.75 bits per heavy atom. The molecule has 0 aliphatic heterocycles. The molecule has 1 atom stereocenters. The molecule has 4 heteroatoms. The molecule has 1 saturated carbocycles. The van der Waals surface area contributed by atoms with Gasteiger partial charge in [0.1, 0.15) is 0 Å². The highest BCUT2D eigenvalue weighted by Gasteiger charge is 2.27. The van der Waals surface area contributed by atoms with E-state index in [1.54, 1.807) is 0 Å². The smallest absolute Gasteiger partial charge is 0.307 e. The number of ether oxygens (including phenoxy) is 1. The van der Waals surface area contributed by atoms with E-state index in [4.69, 9.17) is 0 Å². The number of carbonyl (C=O) groups is 1. The van der Waals surface area contributed by atoms with Crippen LogP contribution in [0.4, 0.5) is 0 Å². The Morgan fingerprint density at radius 1 is 1.56 bits per heavy atom. The molecular formula is C12H24N2O2. The summed E-state index contributed by atoms with van der Waals surface area (Å²) >= 11 is 0. The molecule has 0 saturated heterocycles. The standard InChI is InChI=1S/C12H24N2O2/c1-4-14(11-5-6-11)8-7-13-10(2)9-12(15)16-3/h10-11,13H,4-9H2,1-3H3. The van der Waals surface area contributed by atoms with Crippen LogP contribution in [0, 0.1) is 0 Å². The third-order valence-electron chi connectivity index (χ3n) is 3.06. The van der Waals surface area contributed by atoms with Crippen LogP contribution in [0.25, 0.3) is 0 Å². The molecule has 1 unspecified atom stereocenters. The molecule has 0 heterocycles. The van der Waals surface area contributed by atoms with E-state index in [0.717, 1.165) is 25.7 Å². The van der Waals surface area contributed by atoms with Crippen LogP contribution >= 0.6 is 0 Å². The zero-order chi connectivity index (χ0) is 12.0. The summed E-state index contributed by atoms with van der Waals surface area (Å²) in [6, 6.07) is 1.02. The second-order valence-corrected chi connectivity index (χ2v) is 4.50. The van der Waals surface area contributed by atoms with Gasteiger partial charge < -0.3 is 10.1 Å². The van der Waals surface area contributed by atoms with Crippen molar-refractivity contribution in [1.82, 2.24) is 10.2 Å². The topological polar surface area (TPSA) is 41.6 Å². The third kappa shape index (κ3) is 4.94. The molecule has 1 aliphatic rings. The summed E-state index contributed by atoms with van der Waals surface area (Å²) in [5.41, 5.74) is 0. The summed E-state index contributed by atoms with van der Waals surface area (Å²) in [5, 5.41) is 3.35. The van der Waals surface area contributed by atoms with Gasteiger partial charge in [0.2, 0.25) is 0 Å². The molecule has 4 nitrogen and oxygen atoms in total. The van der Waals surface area contributed by atoms with Crippen LogP contribution in [0.2, 0.25) is 0 Å². The minimum Gasteiger partial charge on any atom is -0.469 e. The lowest BCUT2D eigenvalue weighted by Gasteiger charge is -2.21. The highest BCUT2D eigenvalue weighted by atomic mass is 16.5. The summed E-state index contributed by atoms with van der Waals surface area (Å²) in [4.78, 5) is 13.5. The minimum absolute atomic E-state index is 0.144. The van der Waals surface area contributed by atoms with Crippen molar-refractivity contribution in [3.63, 3.8) is 0 Å². The normalized spacial score (nSPS) is 17.5. The lowest BCUT2D eigenvalue weighted by Crippen LogP contribution is -2.37. The lowest BCUT2D eigenvalue weighted by molar-refractivity contribution is -0.141. The van der Waals surface area contributed by atoms with Crippen LogP contribution in [-0.4, -0.2) is 49.7 Å². The molecule has 0 aromatic heterocycles. The van der Waals surface area contributed by atoms with Gasteiger partial charge in [-0.3, -0.25) is 9.69 Å². The molecule has 0 bridgehead atoms.